The molecule has 1 amide bonds. The Bertz CT molecular complexity index is 799. The number of amides is 1. The lowest BCUT2D eigenvalue weighted by molar-refractivity contribution is 0.102. The van der Waals surface area contributed by atoms with Crippen LogP contribution in [0.2, 0.25) is 0 Å². The second kappa shape index (κ2) is 6.02. The van der Waals surface area contributed by atoms with E-state index in [9.17, 15) is 9.18 Å². The molecule has 0 atom stereocenters. The van der Waals surface area contributed by atoms with E-state index in [1.165, 1.54) is 22.1 Å². The number of rotatable bonds is 4. The maximum atomic E-state index is 13.7. The van der Waals surface area contributed by atoms with Gasteiger partial charge in [-0.25, -0.2) is 14.1 Å². The van der Waals surface area contributed by atoms with Crippen molar-refractivity contribution < 1.29 is 9.18 Å². The van der Waals surface area contributed by atoms with E-state index in [1.54, 1.807) is 36.0 Å². The largest absolute Gasteiger partial charge is 0.302 e. The van der Waals surface area contributed by atoms with E-state index in [1.807, 2.05) is 0 Å². The number of carbonyl (C=O) groups excluding carboxylic acids is 1. The van der Waals surface area contributed by atoms with Crippen molar-refractivity contribution >= 4 is 23.1 Å². The third-order valence-corrected chi connectivity index (χ3v) is 3.74. The molecule has 0 spiro atoms. The zero-order valence-corrected chi connectivity index (χ0v) is 12.5. The predicted octanol–water partition coefficient (Wildman–Crippen LogP) is 2.48. The molecule has 8 heteroatoms. The van der Waals surface area contributed by atoms with E-state index in [4.69, 9.17) is 0 Å². The Hall–Kier alpha value is -2.61. The number of thiazole rings is 1. The molecule has 0 fully saturated rings. The Labute approximate surface area is 129 Å². The number of halogens is 1. The molecule has 0 saturated heterocycles. The van der Waals surface area contributed by atoms with Crippen LogP contribution in [-0.4, -0.2) is 25.9 Å². The monoisotopic (exact) mass is 317 g/mol. The first-order chi connectivity index (χ1) is 10.6. The summed E-state index contributed by atoms with van der Waals surface area (Å²) in [5, 5.41) is 12.2. The van der Waals surface area contributed by atoms with Gasteiger partial charge in [0.25, 0.3) is 5.91 Å². The average Bonchev–Trinajstić information content (AvgIpc) is 3.15. The fraction of sp³-hybridized carbons (Fsp3) is 0.143. The van der Waals surface area contributed by atoms with Crippen LogP contribution in [-0.2, 0) is 6.54 Å². The lowest BCUT2D eigenvalue weighted by Gasteiger charge is -2.05. The summed E-state index contributed by atoms with van der Waals surface area (Å²) in [6.45, 7) is 2.01. The van der Waals surface area contributed by atoms with Crippen LogP contribution in [0.3, 0.4) is 0 Å². The minimum Gasteiger partial charge on any atom is -0.302 e. The second-order valence-corrected chi connectivity index (χ2v) is 5.32. The molecule has 0 aliphatic carbocycles. The smallest absolute Gasteiger partial charge is 0.276 e. The Balaban J connectivity index is 1.78. The first kappa shape index (κ1) is 14.3. The van der Waals surface area contributed by atoms with Gasteiger partial charge in [-0.05, 0) is 13.0 Å². The van der Waals surface area contributed by atoms with Crippen LogP contribution in [0.25, 0.3) is 0 Å². The van der Waals surface area contributed by atoms with E-state index in [2.05, 4.69) is 20.6 Å². The van der Waals surface area contributed by atoms with Gasteiger partial charge in [0.15, 0.2) is 5.82 Å². The van der Waals surface area contributed by atoms with Crippen molar-refractivity contribution in [2.75, 3.05) is 5.32 Å². The number of hydrogen-bond acceptors (Lipinski definition) is 5. The third-order valence-electron chi connectivity index (χ3n) is 3.16. The molecule has 2 heterocycles. The van der Waals surface area contributed by atoms with Crippen LogP contribution in [0.4, 0.5) is 10.2 Å². The number of hydrogen-bond donors (Lipinski definition) is 1. The molecule has 0 aliphatic heterocycles. The first-order valence-corrected chi connectivity index (χ1v) is 7.42. The van der Waals surface area contributed by atoms with Crippen LogP contribution in [0.15, 0.2) is 35.2 Å². The molecule has 1 N–H and O–H groups in total. The summed E-state index contributed by atoms with van der Waals surface area (Å²) in [5.41, 5.74) is 3.06. The molecule has 0 radical (unpaired) electrons. The van der Waals surface area contributed by atoms with Crippen molar-refractivity contribution in [2.24, 2.45) is 0 Å². The second-order valence-electron chi connectivity index (χ2n) is 4.60. The van der Waals surface area contributed by atoms with Crippen molar-refractivity contribution in [1.29, 1.82) is 0 Å². The van der Waals surface area contributed by atoms with E-state index >= 15 is 0 Å². The van der Waals surface area contributed by atoms with E-state index in [0.29, 0.717) is 22.8 Å². The minimum atomic E-state index is -0.345. The molecular formula is C14H12FN5OS. The van der Waals surface area contributed by atoms with Gasteiger partial charge < -0.3 is 5.32 Å². The lowest BCUT2D eigenvalue weighted by Crippen LogP contribution is -2.13. The topological polar surface area (TPSA) is 72.7 Å². The van der Waals surface area contributed by atoms with Gasteiger partial charge in [0, 0.05) is 10.9 Å². The van der Waals surface area contributed by atoms with Gasteiger partial charge in [-0.2, -0.15) is 0 Å². The molecule has 1 aromatic carbocycles. The van der Waals surface area contributed by atoms with Crippen LogP contribution < -0.4 is 5.32 Å². The summed E-state index contributed by atoms with van der Waals surface area (Å²) in [7, 11) is 0. The van der Waals surface area contributed by atoms with Crippen LogP contribution in [0.5, 0.6) is 0 Å². The molecule has 0 bridgehead atoms. The fourth-order valence-corrected chi connectivity index (χ4v) is 2.44. The quantitative estimate of drug-likeness (QED) is 0.802. The number of nitrogens with zero attached hydrogens (tertiary/aromatic N) is 4. The number of anilines is 1. The molecule has 112 valence electrons. The maximum Gasteiger partial charge on any atom is 0.276 e. The molecule has 0 aliphatic rings. The molecule has 0 unspecified atom stereocenters. The number of aromatic nitrogens is 4. The average molecular weight is 317 g/mol. The molecule has 3 aromatic rings. The van der Waals surface area contributed by atoms with Crippen molar-refractivity contribution in [1.82, 2.24) is 20.0 Å². The fourth-order valence-electron chi connectivity index (χ4n) is 1.91. The van der Waals surface area contributed by atoms with Crippen molar-refractivity contribution in [3.63, 3.8) is 0 Å². The molecular weight excluding hydrogens is 305 g/mol. The molecule has 22 heavy (non-hydrogen) atoms. The van der Waals surface area contributed by atoms with Gasteiger partial charge in [0.1, 0.15) is 11.5 Å². The molecule has 6 nitrogen and oxygen atoms in total. The predicted molar refractivity (Wildman–Crippen MR) is 80.3 cm³/mol. The van der Waals surface area contributed by atoms with Gasteiger partial charge in [-0.3, -0.25) is 4.79 Å². The number of nitrogens with one attached hydrogen (secondary N) is 1. The van der Waals surface area contributed by atoms with Gasteiger partial charge >= 0.3 is 0 Å². The van der Waals surface area contributed by atoms with Crippen LogP contribution in [0.1, 0.15) is 21.7 Å². The minimum absolute atomic E-state index is 0.248. The lowest BCUT2D eigenvalue weighted by atomic mass is 10.2. The summed E-state index contributed by atoms with van der Waals surface area (Å²) < 4.78 is 15.2. The standard InChI is InChI=1S/C14H12FN5OS/c1-9-13(17-14(21)12-7-22-8-16-12)18-19-20(9)6-10-4-2-3-5-11(10)15/h2-5,7-8H,6H2,1H3,(H,17,21). The van der Waals surface area contributed by atoms with Gasteiger partial charge in [-0.15, -0.1) is 16.4 Å². The normalized spacial score (nSPS) is 10.6. The van der Waals surface area contributed by atoms with Crippen molar-refractivity contribution in [3.8, 4) is 0 Å². The number of benzene rings is 1. The highest BCUT2D eigenvalue weighted by molar-refractivity contribution is 7.07. The SMILES string of the molecule is Cc1c(NC(=O)c2cscn2)nnn1Cc1ccccc1F. The van der Waals surface area contributed by atoms with E-state index < -0.39 is 0 Å². The highest BCUT2D eigenvalue weighted by atomic mass is 32.1. The molecule has 0 saturated carbocycles. The summed E-state index contributed by atoms with van der Waals surface area (Å²) >= 11 is 1.34. The molecule has 3 rings (SSSR count). The first-order valence-electron chi connectivity index (χ1n) is 6.48. The Morgan fingerprint density at radius 2 is 2.23 bits per heavy atom. The summed E-state index contributed by atoms with van der Waals surface area (Å²) in [4.78, 5) is 15.9. The Morgan fingerprint density at radius 3 is 2.95 bits per heavy atom. The van der Waals surface area contributed by atoms with Gasteiger partial charge in [0.2, 0.25) is 0 Å². The maximum absolute atomic E-state index is 13.7. The van der Waals surface area contributed by atoms with Crippen LogP contribution in [0, 0.1) is 12.7 Å². The van der Waals surface area contributed by atoms with E-state index in [0.717, 1.165) is 0 Å². The summed E-state index contributed by atoms with van der Waals surface area (Å²) in [6.07, 6.45) is 0. The highest BCUT2D eigenvalue weighted by Crippen LogP contribution is 2.15. The van der Waals surface area contributed by atoms with Gasteiger partial charge in [0.05, 0.1) is 17.7 Å². The molecule has 2 aromatic heterocycles. The van der Waals surface area contributed by atoms with E-state index in [-0.39, 0.29) is 18.3 Å². The summed E-state index contributed by atoms with van der Waals surface area (Å²) in [5.74, 6) is -0.304. The third kappa shape index (κ3) is 2.86. The Kier molecular flexibility index (Phi) is 3.92. The zero-order valence-electron chi connectivity index (χ0n) is 11.7. The van der Waals surface area contributed by atoms with Crippen LogP contribution >= 0.6 is 11.3 Å². The Morgan fingerprint density at radius 1 is 1.41 bits per heavy atom. The van der Waals surface area contributed by atoms with Gasteiger partial charge in [-0.1, -0.05) is 23.4 Å². The van der Waals surface area contributed by atoms with Crippen molar-refractivity contribution in [3.05, 3.63) is 57.9 Å². The number of carbonyl (C=O) groups is 1. The zero-order chi connectivity index (χ0) is 15.5. The summed E-state index contributed by atoms with van der Waals surface area (Å²) in [6, 6.07) is 6.47. The van der Waals surface area contributed by atoms with Crippen molar-refractivity contribution in [2.45, 2.75) is 13.5 Å². The highest BCUT2D eigenvalue weighted by Gasteiger charge is 2.15.